The molecule has 0 aliphatic heterocycles. The van der Waals surface area contributed by atoms with Gasteiger partial charge in [0.25, 0.3) is 0 Å². The molecule has 1 fully saturated rings. The van der Waals surface area contributed by atoms with Crippen molar-refractivity contribution in [1.29, 1.82) is 0 Å². The first-order chi connectivity index (χ1) is 7.59. The van der Waals surface area contributed by atoms with E-state index in [4.69, 9.17) is 0 Å². The molecule has 1 aliphatic rings. The van der Waals surface area contributed by atoms with Crippen LogP contribution in [0.15, 0.2) is 18.2 Å². The average Bonchev–Trinajstić information content (AvgIpc) is 2.99. The first-order valence-electron chi connectivity index (χ1n) is 5.79. The van der Waals surface area contributed by atoms with Gasteiger partial charge in [-0.1, -0.05) is 6.07 Å². The molecule has 2 unspecified atom stereocenters. The molecule has 1 aliphatic carbocycles. The molecule has 16 heavy (non-hydrogen) atoms. The molecule has 0 amide bonds. The molecule has 1 nitrogen and oxygen atoms in total. The highest BCUT2D eigenvalue weighted by molar-refractivity contribution is 5.23. The lowest BCUT2D eigenvalue weighted by atomic mass is 10.1. The van der Waals surface area contributed by atoms with E-state index in [2.05, 4.69) is 12.2 Å². The van der Waals surface area contributed by atoms with Crippen molar-refractivity contribution >= 4 is 0 Å². The zero-order chi connectivity index (χ0) is 11.7. The Labute approximate surface area is 94.9 Å². The standard InChI is InChI=1S/C13H17F2N/c1-8(10-6-7-10)16-9(2)13-11(14)4-3-5-12(13)15/h3-5,8-10,16H,6-7H2,1-2H3. The van der Waals surface area contributed by atoms with Gasteiger partial charge in [-0.3, -0.25) is 0 Å². The Morgan fingerprint density at radius 1 is 1.19 bits per heavy atom. The Morgan fingerprint density at radius 3 is 2.25 bits per heavy atom. The molecule has 0 heterocycles. The summed E-state index contributed by atoms with van der Waals surface area (Å²) in [5.74, 6) is -0.261. The fraction of sp³-hybridized carbons (Fsp3) is 0.538. The van der Waals surface area contributed by atoms with Crippen LogP contribution in [-0.4, -0.2) is 6.04 Å². The molecular formula is C13H17F2N. The lowest BCUT2D eigenvalue weighted by molar-refractivity contribution is 0.416. The SMILES string of the molecule is CC(NC(C)C1CC1)c1c(F)cccc1F. The number of nitrogens with one attached hydrogen (secondary N) is 1. The van der Waals surface area contributed by atoms with Gasteiger partial charge in [0, 0.05) is 17.6 Å². The van der Waals surface area contributed by atoms with Crippen LogP contribution in [0.25, 0.3) is 0 Å². The van der Waals surface area contributed by atoms with E-state index < -0.39 is 11.6 Å². The Balaban J connectivity index is 2.10. The van der Waals surface area contributed by atoms with E-state index in [0.29, 0.717) is 12.0 Å². The van der Waals surface area contributed by atoms with E-state index in [1.807, 2.05) is 0 Å². The number of hydrogen-bond donors (Lipinski definition) is 1. The third-order valence-corrected chi connectivity index (χ3v) is 3.27. The number of halogens is 2. The average molecular weight is 225 g/mol. The van der Waals surface area contributed by atoms with Crippen LogP contribution in [0.1, 0.15) is 38.3 Å². The molecule has 1 saturated carbocycles. The molecule has 2 rings (SSSR count). The molecule has 0 aromatic heterocycles. The summed E-state index contributed by atoms with van der Waals surface area (Å²) in [6.07, 6.45) is 2.45. The highest BCUT2D eigenvalue weighted by Gasteiger charge is 2.29. The highest BCUT2D eigenvalue weighted by atomic mass is 19.1. The second-order valence-electron chi connectivity index (χ2n) is 4.65. The molecular weight excluding hydrogens is 208 g/mol. The zero-order valence-electron chi connectivity index (χ0n) is 9.63. The molecule has 88 valence electrons. The predicted octanol–water partition coefficient (Wildman–Crippen LogP) is 3.41. The van der Waals surface area contributed by atoms with Gasteiger partial charge >= 0.3 is 0 Å². The smallest absolute Gasteiger partial charge is 0.130 e. The van der Waals surface area contributed by atoms with Crippen LogP contribution < -0.4 is 5.32 Å². The highest BCUT2D eigenvalue weighted by Crippen LogP contribution is 2.33. The molecule has 0 spiro atoms. The van der Waals surface area contributed by atoms with Gasteiger partial charge in [-0.15, -0.1) is 0 Å². The maximum absolute atomic E-state index is 13.5. The van der Waals surface area contributed by atoms with Crippen LogP contribution in [0.5, 0.6) is 0 Å². The Hall–Kier alpha value is -0.960. The van der Waals surface area contributed by atoms with Crippen molar-refractivity contribution < 1.29 is 8.78 Å². The maximum Gasteiger partial charge on any atom is 0.130 e. The van der Waals surface area contributed by atoms with Gasteiger partial charge in [0.15, 0.2) is 0 Å². The minimum Gasteiger partial charge on any atom is -0.307 e. The molecule has 2 atom stereocenters. The van der Waals surface area contributed by atoms with Crippen LogP contribution in [0.2, 0.25) is 0 Å². The van der Waals surface area contributed by atoms with E-state index in [0.717, 1.165) is 0 Å². The second-order valence-corrected chi connectivity index (χ2v) is 4.65. The van der Waals surface area contributed by atoms with Gasteiger partial charge in [0.05, 0.1) is 0 Å². The van der Waals surface area contributed by atoms with E-state index >= 15 is 0 Å². The zero-order valence-corrected chi connectivity index (χ0v) is 9.63. The minimum absolute atomic E-state index is 0.148. The Bertz CT molecular complexity index is 354. The number of rotatable bonds is 4. The summed E-state index contributed by atoms with van der Waals surface area (Å²) in [7, 11) is 0. The lowest BCUT2D eigenvalue weighted by Crippen LogP contribution is -2.31. The maximum atomic E-state index is 13.5. The van der Waals surface area contributed by atoms with E-state index in [9.17, 15) is 8.78 Å². The largest absolute Gasteiger partial charge is 0.307 e. The summed E-state index contributed by atoms with van der Waals surface area (Å²) >= 11 is 0. The van der Waals surface area contributed by atoms with Gasteiger partial charge in [-0.05, 0) is 44.7 Å². The summed E-state index contributed by atoms with van der Waals surface area (Å²) in [5, 5.41) is 3.26. The van der Waals surface area contributed by atoms with Gasteiger partial charge < -0.3 is 5.32 Å². The van der Waals surface area contributed by atoms with Crippen molar-refractivity contribution in [3.05, 3.63) is 35.4 Å². The van der Waals surface area contributed by atoms with Gasteiger partial charge in [-0.25, -0.2) is 8.78 Å². The normalized spacial score (nSPS) is 19.5. The van der Waals surface area contributed by atoms with Crippen molar-refractivity contribution in [2.45, 2.75) is 38.8 Å². The van der Waals surface area contributed by atoms with Crippen molar-refractivity contribution in [3.63, 3.8) is 0 Å². The van der Waals surface area contributed by atoms with Crippen molar-refractivity contribution in [3.8, 4) is 0 Å². The summed E-state index contributed by atoms with van der Waals surface area (Å²) in [4.78, 5) is 0. The predicted molar refractivity (Wildman–Crippen MR) is 60.1 cm³/mol. The van der Waals surface area contributed by atoms with Crippen molar-refractivity contribution in [2.24, 2.45) is 5.92 Å². The molecule has 1 aromatic carbocycles. The number of hydrogen-bond acceptors (Lipinski definition) is 1. The molecule has 1 aromatic rings. The van der Waals surface area contributed by atoms with Gasteiger partial charge in [-0.2, -0.15) is 0 Å². The Morgan fingerprint density at radius 2 is 1.75 bits per heavy atom. The van der Waals surface area contributed by atoms with E-state index in [1.54, 1.807) is 6.92 Å². The van der Waals surface area contributed by atoms with E-state index in [-0.39, 0.29) is 11.6 Å². The topological polar surface area (TPSA) is 12.0 Å². The van der Waals surface area contributed by atoms with Crippen LogP contribution in [0.3, 0.4) is 0 Å². The van der Waals surface area contributed by atoms with Gasteiger partial charge in [0.2, 0.25) is 0 Å². The first kappa shape index (κ1) is 11.5. The van der Waals surface area contributed by atoms with Crippen molar-refractivity contribution in [1.82, 2.24) is 5.32 Å². The van der Waals surface area contributed by atoms with E-state index in [1.165, 1.54) is 31.0 Å². The second kappa shape index (κ2) is 4.50. The summed E-state index contributed by atoms with van der Waals surface area (Å²) < 4.78 is 27.0. The molecule has 1 N–H and O–H groups in total. The molecule has 0 bridgehead atoms. The van der Waals surface area contributed by atoms with Crippen LogP contribution >= 0.6 is 0 Å². The fourth-order valence-corrected chi connectivity index (χ4v) is 2.13. The molecule has 0 radical (unpaired) electrons. The minimum atomic E-state index is -0.469. The summed E-state index contributed by atoms with van der Waals surface area (Å²) in [6.45, 7) is 3.88. The third kappa shape index (κ3) is 2.40. The number of benzene rings is 1. The van der Waals surface area contributed by atoms with Crippen LogP contribution in [0.4, 0.5) is 8.78 Å². The third-order valence-electron chi connectivity index (χ3n) is 3.27. The van der Waals surface area contributed by atoms with Crippen LogP contribution in [-0.2, 0) is 0 Å². The first-order valence-corrected chi connectivity index (χ1v) is 5.79. The van der Waals surface area contributed by atoms with Crippen LogP contribution in [0, 0.1) is 17.6 Å². The molecule has 3 heteroatoms. The monoisotopic (exact) mass is 225 g/mol. The lowest BCUT2D eigenvalue weighted by Gasteiger charge is -2.20. The summed E-state index contributed by atoms with van der Waals surface area (Å²) in [6, 6.07) is 4.05. The van der Waals surface area contributed by atoms with Gasteiger partial charge in [0.1, 0.15) is 11.6 Å². The fourth-order valence-electron chi connectivity index (χ4n) is 2.13. The molecule has 0 saturated heterocycles. The summed E-state index contributed by atoms with van der Waals surface area (Å²) in [5.41, 5.74) is 0.148. The van der Waals surface area contributed by atoms with Crippen molar-refractivity contribution in [2.75, 3.05) is 0 Å². The Kier molecular flexibility index (Phi) is 3.24. The quantitative estimate of drug-likeness (QED) is 0.828.